The van der Waals surface area contributed by atoms with Crippen LogP contribution in [0.15, 0.2) is 16.9 Å². The summed E-state index contributed by atoms with van der Waals surface area (Å²) in [6, 6.07) is 2.87. The first-order valence-corrected chi connectivity index (χ1v) is 7.33. The number of fused-ring (bicyclic) bond motifs is 1. The van der Waals surface area contributed by atoms with Crippen LogP contribution in [0.3, 0.4) is 0 Å². The normalized spacial score (nSPS) is 26.6. The van der Waals surface area contributed by atoms with Crippen LogP contribution in [-0.2, 0) is 15.0 Å². The molecule has 11 heteroatoms. The molecule has 3 atom stereocenters. The summed E-state index contributed by atoms with van der Waals surface area (Å²) in [6.07, 6.45) is 0. The molecule has 2 amide bonds. The molecule has 2 aromatic rings. The molecule has 0 saturated carbocycles. The van der Waals surface area contributed by atoms with Crippen LogP contribution < -0.4 is 22.1 Å². The number of nitrogens with two attached hydrogens (primary N) is 1. The fourth-order valence-corrected chi connectivity index (χ4v) is 3.05. The summed E-state index contributed by atoms with van der Waals surface area (Å²) in [6.45, 7) is 1.47. The number of hydrogen-bond acceptors (Lipinski definition) is 5. The maximum absolute atomic E-state index is 13.0. The maximum Gasteiger partial charge on any atom is 0.263 e. The summed E-state index contributed by atoms with van der Waals surface area (Å²) in [5.41, 5.74) is 3.75. The van der Waals surface area contributed by atoms with E-state index in [1.165, 1.54) is 19.1 Å². The zero-order valence-corrected chi connectivity index (χ0v) is 13.3. The third-order valence-corrected chi connectivity index (χ3v) is 4.36. The van der Waals surface area contributed by atoms with E-state index in [4.69, 9.17) is 37.1 Å². The first-order valence-electron chi connectivity index (χ1n) is 7.33. The molecule has 7 nitrogen and oxygen atoms in total. The number of nitrogen functional groups attached to an aromatic ring is 1. The average molecular weight is 326 g/mol. The third kappa shape index (κ3) is 2.33. The fourth-order valence-electron chi connectivity index (χ4n) is 3.05. The summed E-state index contributed by atoms with van der Waals surface area (Å²) >= 11 is 0. The molecule has 0 bridgehead atoms. The van der Waals surface area contributed by atoms with Gasteiger partial charge >= 0.3 is 0 Å². The molecule has 1 saturated heterocycles. The van der Waals surface area contributed by atoms with E-state index < -0.39 is 34.4 Å². The molecule has 1 aliphatic rings. The van der Waals surface area contributed by atoms with E-state index in [-0.39, 0.29) is 22.4 Å². The Balaban J connectivity index is 2.37. The molecular formula is C14H10B4N4O3. The second-order valence-corrected chi connectivity index (χ2v) is 6.00. The second-order valence-electron chi connectivity index (χ2n) is 6.00. The molecule has 3 unspecified atom stereocenters. The Morgan fingerprint density at radius 3 is 2.56 bits per heavy atom. The van der Waals surface area contributed by atoms with Gasteiger partial charge in [-0.3, -0.25) is 24.3 Å². The van der Waals surface area contributed by atoms with Gasteiger partial charge < -0.3 is 5.73 Å². The number of amides is 2. The van der Waals surface area contributed by atoms with Crippen molar-refractivity contribution in [3.05, 3.63) is 28.3 Å². The predicted molar refractivity (Wildman–Crippen MR) is 96.4 cm³/mol. The quantitative estimate of drug-likeness (QED) is 0.342. The Morgan fingerprint density at radius 2 is 1.92 bits per heavy atom. The fraction of sp³-hybridized carbons (Fsp3) is 0.286. The van der Waals surface area contributed by atoms with Crippen LogP contribution in [0.1, 0.15) is 5.82 Å². The molecule has 1 fully saturated rings. The number of anilines is 1. The lowest BCUT2D eigenvalue weighted by molar-refractivity contribution is -0.137. The number of nitrogens with zero attached hydrogens (tertiary/aromatic N) is 2. The highest BCUT2D eigenvalue weighted by molar-refractivity contribution is 6.41. The third-order valence-electron chi connectivity index (χ3n) is 4.36. The highest BCUT2D eigenvalue weighted by atomic mass is 16.2. The molecule has 3 rings (SSSR count). The van der Waals surface area contributed by atoms with E-state index in [2.05, 4.69) is 4.98 Å². The Bertz CT molecular complexity index is 992. The minimum absolute atomic E-state index is 0.0371. The van der Waals surface area contributed by atoms with Gasteiger partial charge in [-0.1, -0.05) is 11.3 Å². The molecule has 3 N–H and O–H groups in total. The molecule has 1 aliphatic heterocycles. The van der Waals surface area contributed by atoms with Crippen molar-refractivity contribution in [1.82, 2.24) is 14.9 Å². The van der Waals surface area contributed by atoms with Crippen LogP contribution >= 0.6 is 0 Å². The summed E-state index contributed by atoms with van der Waals surface area (Å²) in [5, 5.41) is 2.07. The number of aryl methyl sites for hydroxylation is 1. The molecule has 8 radical (unpaired) electrons. The number of piperidine rings is 1. The van der Waals surface area contributed by atoms with Crippen molar-refractivity contribution >= 4 is 65.3 Å². The number of nitrogens with one attached hydrogen (secondary N) is 1. The second kappa shape index (κ2) is 5.54. The van der Waals surface area contributed by atoms with Gasteiger partial charge in [0.15, 0.2) is 0 Å². The maximum atomic E-state index is 13.0. The topological polar surface area (TPSA) is 107 Å². The van der Waals surface area contributed by atoms with Crippen molar-refractivity contribution in [3.8, 4) is 0 Å². The standard InChI is InChI=1S/C14H10B4N4O3/c1-4-20-7-3-5(15)2-6(19)8(7)12(24)22(4)14(18)10(17)9(16)11(23)21-13(14)25/h2-3,9-10H,19H2,1H3,(H,21,23,25). The molecule has 2 heterocycles. The van der Waals surface area contributed by atoms with Gasteiger partial charge in [0.2, 0.25) is 11.8 Å². The smallest absolute Gasteiger partial charge is 0.263 e. The largest absolute Gasteiger partial charge is 0.398 e. The number of benzene rings is 1. The Kier molecular flexibility index (Phi) is 3.85. The lowest BCUT2D eigenvalue weighted by Crippen LogP contribution is -2.63. The van der Waals surface area contributed by atoms with Crippen molar-refractivity contribution in [2.75, 3.05) is 5.73 Å². The molecule has 0 spiro atoms. The first-order chi connectivity index (χ1) is 11.6. The van der Waals surface area contributed by atoms with E-state index in [0.717, 1.165) is 4.57 Å². The van der Waals surface area contributed by atoms with Crippen molar-refractivity contribution in [3.63, 3.8) is 0 Å². The number of carbonyl (C=O) groups is 2. The highest BCUT2D eigenvalue weighted by Crippen LogP contribution is 2.38. The number of carbonyl (C=O) groups excluding carboxylic acids is 2. The summed E-state index contributed by atoms with van der Waals surface area (Å²) in [4.78, 5) is 41.4. The summed E-state index contributed by atoms with van der Waals surface area (Å²) in [5.74, 6) is -4.26. The first kappa shape index (κ1) is 17.4. The van der Waals surface area contributed by atoms with E-state index in [1.54, 1.807) is 0 Å². The Labute approximate surface area is 148 Å². The van der Waals surface area contributed by atoms with Crippen molar-refractivity contribution in [1.29, 1.82) is 0 Å². The molecule has 116 valence electrons. The molecule has 25 heavy (non-hydrogen) atoms. The number of aromatic nitrogens is 2. The minimum atomic E-state index is -2.11. The van der Waals surface area contributed by atoms with Crippen LogP contribution in [0, 0.1) is 6.92 Å². The number of hydrogen-bond donors (Lipinski definition) is 2. The van der Waals surface area contributed by atoms with Gasteiger partial charge in [-0.05, 0) is 24.9 Å². The van der Waals surface area contributed by atoms with Gasteiger partial charge in [-0.2, -0.15) is 0 Å². The van der Waals surface area contributed by atoms with E-state index in [0.29, 0.717) is 5.46 Å². The van der Waals surface area contributed by atoms with Crippen LogP contribution in [0.4, 0.5) is 5.69 Å². The highest BCUT2D eigenvalue weighted by Gasteiger charge is 2.49. The van der Waals surface area contributed by atoms with Crippen LogP contribution in [0.25, 0.3) is 10.9 Å². The minimum Gasteiger partial charge on any atom is -0.398 e. The van der Waals surface area contributed by atoms with Gasteiger partial charge in [0, 0.05) is 5.69 Å². The van der Waals surface area contributed by atoms with E-state index in [9.17, 15) is 14.4 Å². The lowest BCUT2D eigenvalue weighted by atomic mass is 9.49. The lowest BCUT2D eigenvalue weighted by Gasteiger charge is -2.44. The Morgan fingerprint density at radius 1 is 1.28 bits per heavy atom. The number of rotatable bonds is 1. The van der Waals surface area contributed by atoms with Gasteiger partial charge in [0.05, 0.1) is 32.0 Å². The van der Waals surface area contributed by atoms with Gasteiger partial charge in [0.1, 0.15) is 21.5 Å². The van der Waals surface area contributed by atoms with Crippen molar-refractivity contribution < 1.29 is 9.59 Å². The van der Waals surface area contributed by atoms with Crippen molar-refractivity contribution in [2.24, 2.45) is 0 Å². The molecule has 0 aliphatic carbocycles. The van der Waals surface area contributed by atoms with E-state index >= 15 is 0 Å². The zero-order valence-electron chi connectivity index (χ0n) is 13.3. The van der Waals surface area contributed by atoms with Gasteiger partial charge in [-0.25, -0.2) is 4.98 Å². The number of imide groups is 1. The van der Waals surface area contributed by atoms with Gasteiger partial charge in [0.25, 0.3) is 5.56 Å². The molecule has 1 aromatic heterocycles. The van der Waals surface area contributed by atoms with Crippen LogP contribution in [0.5, 0.6) is 0 Å². The van der Waals surface area contributed by atoms with Gasteiger partial charge in [-0.15, -0.1) is 0 Å². The average Bonchev–Trinajstić information content (AvgIpc) is 2.50. The van der Waals surface area contributed by atoms with E-state index in [1.807, 2.05) is 5.32 Å². The SMILES string of the molecule is [B]c1cc(N)c2c(=O)n(C3([B])C(=O)NC(=O)C([B])C3[B])c(C)nc2c1. The van der Waals surface area contributed by atoms with Crippen LogP contribution in [-0.4, -0.2) is 52.8 Å². The Hall–Kier alpha value is -2.44. The van der Waals surface area contributed by atoms with Crippen molar-refractivity contribution in [2.45, 2.75) is 24.0 Å². The monoisotopic (exact) mass is 326 g/mol. The molecule has 1 aromatic carbocycles. The zero-order chi connectivity index (χ0) is 18.7. The summed E-state index contributed by atoms with van der Waals surface area (Å²) < 4.78 is 0.911. The predicted octanol–water partition coefficient (Wildman–Crippen LogP) is -2.53. The summed E-state index contributed by atoms with van der Waals surface area (Å²) in [7, 11) is 23.6. The molecular weight excluding hydrogens is 315 g/mol. The van der Waals surface area contributed by atoms with Crippen LogP contribution in [0.2, 0.25) is 11.6 Å².